The van der Waals surface area contributed by atoms with Gasteiger partial charge in [-0.25, -0.2) is 0 Å². The molecule has 24 heavy (non-hydrogen) atoms. The van der Waals surface area contributed by atoms with E-state index in [-0.39, 0.29) is 5.91 Å². The number of aliphatic hydroxyl groups is 1. The van der Waals surface area contributed by atoms with Crippen LogP contribution in [0.5, 0.6) is 0 Å². The van der Waals surface area contributed by atoms with Crippen molar-refractivity contribution in [2.75, 3.05) is 6.61 Å². The number of carbonyl (C=O) groups excluding carboxylic acids is 1. The Balaban J connectivity index is 1.91. The molecule has 2 saturated heterocycles. The Bertz CT molecular complexity index is 693. The molecule has 5 nitrogen and oxygen atoms in total. The van der Waals surface area contributed by atoms with Crippen LogP contribution in [0.1, 0.15) is 26.3 Å². The molecule has 5 heteroatoms. The van der Waals surface area contributed by atoms with Gasteiger partial charge in [0.05, 0.1) is 6.61 Å². The third-order valence-electron chi connectivity index (χ3n) is 4.77. The third kappa shape index (κ3) is 2.60. The maximum absolute atomic E-state index is 12.7. The molecule has 0 aliphatic carbocycles. The van der Waals surface area contributed by atoms with Crippen LogP contribution >= 0.6 is 0 Å². The van der Waals surface area contributed by atoms with Gasteiger partial charge in [-0.2, -0.15) is 0 Å². The lowest BCUT2D eigenvalue weighted by Gasteiger charge is -2.54. The van der Waals surface area contributed by atoms with Gasteiger partial charge in [-0.15, -0.1) is 5.73 Å². The second kappa shape index (κ2) is 5.87. The Morgan fingerprint density at radius 1 is 1.42 bits per heavy atom. The molecule has 1 amide bonds. The van der Waals surface area contributed by atoms with Crippen LogP contribution in [0.15, 0.2) is 48.2 Å². The quantitative estimate of drug-likeness (QED) is 0.678. The van der Waals surface area contributed by atoms with E-state index in [1.165, 1.54) is 0 Å². The number of rotatable bonds is 4. The molecule has 0 unspecified atom stereocenters. The van der Waals surface area contributed by atoms with Crippen molar-refractivity contribution in [3.63, 3.8) is 0 Å². The first-order valence-electron chi connectivity index (χ1n) is 8.06. The fourth-order valence-corrected chi connectivity index (χ4v) is 3.44. The molecule has 0 aromatic heterocycles. The number of likely N-dealkylation sites (tertiary alicyclic amines) is 1. The third-order valence-corrected chi connectivity index (χ3v) is 4.77. The lowest BCUT2D eigenvalue weighted by molar-refractivity contribution is -0.208. The summed E-state index contributed by atoms with van der Waals surface area (Å²) in [5.74, 6) is -1.08. The number of amides is 1. The molecule has 0 saturated carbocycles. The van der Waals surface area contributed by atoms with E-state index in [2.05, 4.69) is 12.3 Å². The summed E-state index contributed by atoms with van der Waals surface area (Å²) < 4.78 is 11.6. The molecule has 3 atom stereocenters. The number of hydrogen-bond acceptors (Lipinski definition) is 4. The summed E-state index contributed by atoms with van der Waals surface area (Å²) in [4.78, 5) is 14.4. The van der Waals surface area contributed by atoms with Crippen molar-refractivity contribution in [2.24, 2.45) is 0 Å². The van der Waals surface area contributed by atoms with E-state index >= 15 is 0 Å². The Morgan fingerprint density at radius 3 is 2.62 bits per heavy atom. The molecule has 0 radical (unpaired) electrons. The van der Waals surface area contributed by atoms with Crippen molar-refractivity contribution >= 4 is 5.91 Å². The monoisotopic (exact) mass is 329 g/mol. The number of carbonyl (C=O) groups is 1. The number of ether oxygens (including phenoxy) is 2. The summed E-state index contributed by atoms with van der Waals surface area (Å²) in [6.07, 6.45) is -0.408. The molecule has 0 spiro atoms. The Hall–Kier alpha value is -1.91. The van der Waals surface area contributed by atoms with Crippen molar-refractivity contribution in [1.29, 1.82) is 0 Å². The predicted octanol–water partition coefficient (Wildman–Crippen LogP) is 2.01. The number of nitrogens with zero attached hydrogens (tertiary/aromatic N) is 1. The first kappa shape index (κ1) is 16.9. The zero-order valence-electron chi connectivity index (χ0n) is 14.3. The van der Waals surface area contributed by atoms with Crippen molar-refractivity contribution in [1.82, 2.24) is 4.90 Å². The van der Waals surface area contributed by atoms with Gasteiger partial charge in [0.1, 0.15) is 12.1 Å². The van der Waals surface area contributed by atoms with E-state index < -0.39 is 23.5 Å². The van der Waals surface area contributed by atoms with Gasteiger partial charge in [-0.1, -0.05) is 36.9 Å². The fourth-order valence-electron chi connectivity index (χ4n) is 3.44. The summed E-state index contributed by atoms with van der Waals surface area (Å²) in [5, 5.41) is 11.0. The zero-order valence-corrected chi connectivity index (χ0v) is 14.3. The first-order valence-corrected chi connectivity index (χ1v) is 8.06. The van der Waals surface area contributed by atoms with Crippen LogP contribution in [0.4, 0.5) is 0 Å². The Morgan fingerprint density at radius 2 is 2.08 bits per heavy atom. The van der Waals surface area contributed by atoms with Gasteiger partial charge in [0.2, 0.25) is 0 Å². The van der Waals surface area contributed by atoms with Gasteiger partial charge >= 0.3 is 0 Å². The van der Waals surface area contributed by atoms with Crippen LogP contribution < -0.4 is 0 Å². The minimum atomic E-state index is -1.63. The van der Waals surface area contributed by atoms with Crippen molar-refractivity contribution < 1.29 is 19.4 Å². The normalized spacial score (nSPS) is 31.5. The summed E-state index contributed by atoms with van der Waals surface area (Å²) in [6.45, 7) is 9.63. The molecule has 1 N–H and O–H groups in total. The first-order chi connectivity index (χ1) is 11.3. The summed E-state index contributed by atoms with van der Waals surface area (Å²) in [5.41, 5.74) is 2.44. The van der Waals surface area contributed by atoms with Crippen molar-refractivity contribution in [3.8, 4) is 0 Å². The van der Waals surface area contributed by atoms with Crippen LogP contribution in [-0.2, 0) is 20.8 Å². The lowest BCUT2D eigenvalue weighted by Crippen LogP contribution is -2.77. The van der Waals surface area contributed by atoms with E-state index in [0.29, 0.717) is 18.7 Å². The lowest BCUT2D eigenvalue weighted by atomic mass is 9.74. The minimum absolute atomic E-state index is 0.322. The average Bonchev–Trinajstić information content (AvgIpc) is 2.92. The summed E-state index contributed by atoms with van der Waals surface area (Å²) in [6, 6.07) is 9.15. The Kier molecular flexibility index (Phi) is 4.14. The number of hydrogen-bond donors (Lipinski definition) is 1. The van der Waals surface area contributed by atoms with Gasteiger partial charge < -0.3 is 19.5 Å². The van der Waals surface area contributed by atoms with Crippen LogP contribution in [0.2, 0.25) is 0 Å². The standard InChI is InChI=1S/C19H23NO4/c1-5-13(2)19(22)16(15-12-23-18(3,4)24-15)20(17(19)21)11-14-9-7-6-8-10-14/h6-10,15-16,22H,1,11-12H2,2-4H3/t15-,16+,19-/m1/s1. The Labute approximate surface area is 142 Å². The molecule has 1 aromatic carbocycles. The van der Waals surface area contributed by atoms with E-state index in [9.17, 15) is 9.90 Å². The highest BCUT2D eigenvalue weighted by molar-refractivity contribution is 5.96. The van der Waals surface area contributed by atoms with Crippen LogP contribution in [0.3, 0.4) is 0 Å². The van der Waals surface area contributed by atoms with Gasteiger partial charge in [-0.05, 0) is 26.3 Å². The molecule has 1 aromatic rings. The van der Waals surface area contributed by atoms with Crippen molar-refractivity contribution in [3.05, 3.63) is 53.8 Å². The molecule has 0 bridgehead atoms. The SMILES string of the molecule is C=C=C(C)[C@]1(O)C(=O)N(Cc2ccccc2)[C@H]1[C@H]1COC(C)(C)O1. The predicted molar refractivity (Wildman–Crippen MR) is 89.0 cm³/mol. The highest BCUT2D eigenvalue weighted by Gasteiger charge is 2.65. The van der Waals surface area contributed by atoms with Crippen LogP contribution in [0, 0.1) is 0 Å². The van der Waals surface area contributed by atoms with E-state index in [0.717, 1.165) is 5.56 Å². The molecule has 2 heterocycles. The van der Waals surface area contributed by atoms with E-state index in [4.69, 9.17) is 9.47 Å². The molecule has 2 aliphatic heterocycles. The summed E-state index contributed by atoms with van der Waals surface area (Å²) in [7, 11) is 0. The second-order valence-electron chi connectivity index (χ2n) is 6.80. The fraction of sp³-hybridized carbons (Fsp3) is 0.474. The molecular formula is C19H23NO4. The number of β-lactam (4-membered cyclic amide) rings is 1. The molecule has 3 rings (SSSR count). The van der Waals surface area contributed by atoms with E-state index in [1.54, 1.807) is 11.8 Å². The smallest absolute Gasteiger partial charge is 0.262 e. The average molecular weight is 329 g/mol. The zero-order chi connectivity index (χ0) is 17.5. The van der Waals surface area contributed by atoms with Crippen LogP contribution in [-0.4, -0.2) is 46.1 Å². The van der Waals surface area contributed by atoms with Crippen LogP contribution in [0.25, 0.3) is 0 Å². The van der Waals surface area contributed by atoms with Gasteiger partial charge in [0.25, 0.3) is 5.91 Å². The molecule has 2 fully saturated rings. The molecule has 2 aliphatic rings. The maximum Gasteiger partial charge on any atom is 0.262 e. The number of benzene rings is 1. The van der Waals surface area contributed by atoms with Gasteiger partial charge in [-0.3, -0.25) is 4.79 Å². The highest BCUT2D eigenvalue weighted by Crippen LogP contribution is 2.43. The highest BCUT2D eigenvalue weighted by atomic mass is 16.7. The molecule has 128 valence electrons. The summed E-state index contributed by atoms with van der Waals surface area (Å²) >= 11 is 0. The van der Waals surface area contributed by atoms with E-state index in [1.807, 2.05) is 44.2 Å². The maximum atomic E-state index is 12.7. The minimum Gasteiger partial charge on any atom is -0.373 e. The van der Waals surface area contributed by atoms with Gasteiger partial charge in [0, 0.05) is 12.1 Å². The molecular weight excluding hydrogens is 306 g/mol. The largest absolute Gasteiger partial charge is 0.373 e. The van der Waals surface area contributed by atoms with Gasteiger partial charge in [0.15, 0.2) is 11.4 Å². The van der Waals surface area contributed by atoms with Crippen molar-refractivity contribution in [2.45, 2.75) is 50.8 Å². The second-order valence-corrected chi connectivity index (χ2v) is 6.80. The topological polar surface area (TPSA) is 59.0 Å².